The summed E-state index contributed by atoms with van der Waals surface area (Å²) in [6.07, 6.45) is 6.55. The molecule has 1 aliphatic heterocycles. The number of carbonyl (C=O) groups is 1. The first-order valence-electron chi connectivity index (χ1n) is 8.08. The van der Waals surface area contributed by atoms with E-state index in [1.165, 1.54) is 31.9 Å². The summed E-state index contributed by atoms with van der Waals surface area (Å²) >= 11 is 0.336. The van der Waals surface area contributed by atoms with Crippen LogP contribution in [0.3, 0.4) is 0 Å². The van der Waals surface area contributed by atoms with Crippen molar-refractivity contribution in [2.75, 3.05) is 26.2 Å². The van der Waals surface area contributed by atoms with Crippen LogP contribution < -0.4 is 0 Å². The lowest BCUT2D eigenvalue weighted by molar-refractivity contribution is 0.0569. The van der Waals surface area contributed by atoms with Crippen LogP contribution in [0.2, 0.25) is 0 Å². The van der Waals surface area contributed by atoms with Gasteiger partial charge >= 0.3 is 0 Å². The van der Waals surface area contributed by atoms with Gasteiger partial charge in [-0.05, 0) is 36.7 Å². The maximum atomic E-state index is 12.6. The van der Waals surface area contributed by atoms with Crippen LogP contribution >= 0.6 is 11.8 Å². The minimum absolute atomic E-state index is 0.116. The molecule has 7 heteroatoms. The molecule has 3 rings (SSSR count). The molecule has 0 N–H and O–H groups in total. The number of amides is 1. The second kappa shape index (κ2) is 7.57. The highest BCUT2D eigenvalue weighted by atomic mass is 32.2. The Morgan fingerprint density at radius 1 is 1.22 bits per heavy atom. The fourth-order valence-electron chi connectivity index (χ4n) is 3.46. The van der Waals surface area contributed by atoms with Gasteiger partial charge in [0.15, 0.2) is 0 Å². The number of halogens is 2. The summed E-state index contributed by atoms with van der Waals surface area (Å²) in [4.78, 5) is 20.8. The summed E-state index contributed by atoms with van der Waals surface area (Å²) in [6, 6.07) is 3.87. The molecule has 2 heterocycles. The molecule has 1 saturated carbocycles. The monoisotopic (exact) mass is 341 g/mol. The van der Waals surface area contributed by atoms with Crippen molar-refractivity contribution in [3.05, 3.63) is 23.9 Å². The summed E-state index contributed by atoms with van der Waals surface area (Å²) in [5.74, 6) is -2.76. The highest BCUT2D eigenvalue weighted by Gasteiger charge is 2.29. The molecular formula is C16H21F2N3OS. The lowest BCUT2D eigenvalue weighted by Crippen LogP contribution is -2.51. The van der Waals surface area contributed by atoms with Crippen molar-refractivity contribution in [2.45, 2.75) is 42.5 Å². The number of pyridine rings is 1. The van der Waals surface area contributed by atoms with Gasteiger partial charge < -0.3 is 4.90 Å². The Kier molecular flexibility index (Phi) is 5.48. The van der Waals surface area contributed by atoms with Crippen LogP contribution in [-0.4, -0.2) is 58.7 Å². The smallest absolute Gasteiger partial charge is 0.290 e. The minimum atomic E-state index is -2.57. The molecule has 2 aliphatic rings. The summed E-state index contributed by atoms with van der Waals surface area (Å²) in [5.41, 5.74) is 0.284. The third-order valence-electron chi connectivity index (χ3n) is 4.64. The average molecular weight is 341 g/mol. The number of rotatable bonds is 4. The second-order valence-electron chi connectivity index (χ2n) is 6.00. The Morgan fingerprint density at radius 3 is 2.57 bits per heavy atom. The highest BCUT2D eigenvalue weighted by Crippen LogP contribution is 2.28. The predicted octanol–water partition coefficient (Wildman–Crippen LogP) is 3.10. The van der Waals surface area contributed by atoms with Crippen LogP contribution in [0.25, 0.3) is 0 Å². The van der Waals surface area contributed by atoms with E-state index in [2.05, 4.69) is 9.88 Å². The number of hydrogen-bond donors (Lipinski definition) is 0. The van der Waals surface area contributed by atoms with Crippen molar-refractivity contribution in [1.82, 2.24) is 14.8 Å². The number of alkyl halides is 2. The molecule has 0 atom stereocenters. The fourth-order valence-corrected chi connectivity index (χ4v) is 4.03. The molecule has 0 spiro atoms. The number of thioether (sulfide) groups is 1. The second-order valence-corrected chi connectivity index (χ2v) is 6.98. The Balaban J connectivity index is 1.63. The summed E-state index contributed by atoms with van der Waals surface area (Å²) in [6.45, 7) is 3.05. The van der Waals surface area contributed by atoms with Gasteiger partial charge in [0.1, 0.15) is 5.03 Å². The van der Waals surface area contributed by atoms with Gasteiger partial charge in [-0.1, -0.05) is 12.8 Å². The van der Waals surface area contributed by atoms with Gasteiger partial charge in [-0.2, -0.15) is 8.78 Å². The Hall–Kier alpha value is -1.21. The van der Waals surface area contributed by atoms with E-state index < -0.39 is 5.76 Å². The van der Waals surface area contributed by atoms with Gasteiger partial charge in [0.25, 0.3) is 11.7 Å². The van der Waals surface area contributed by atoms with Crippen molar-refractivity contribution < 1.29 is 13.6 Å². The molecule has 1 aromatic rings. The van der Waals surface area contributed by atoms with Crippen molar-refractivity contribution >= 4 is 17.7 Å². The zero-order valence-corrected chi connectivity index (χ0v) is 13.8. The molecule has 4 nitrogen and oxygen atoms in total. The lowest BCUT2D eigenvalue weighted by Gasteiger charge is -2.38. The molecular weight excluding hydrogens is 320 g/mol. The highest BCUT2D eigenvalue weighted by molar-refractivity contribution is 7.99. The molecule has 0 aromatic carbocycles. The van der Waals surface area contributed by atoms with E-state index in [9.17, 15) is 13.6 Å². The van der Waals surface area contributed by atoms with E-state index in [4.69, 9.17) is 0 Å². The Labute approximate surface area is 139 Å². The molecule has 0 bridgehead atoms. The molecule has 2 fully saturated rings. The summed E-state index contributed by atoms with van der Waals surface area (Å²) in [7, 11) is 0. The van der Waals surface area contributed by atoms with E-state index in [1.807, 2.05) is 0 Å². The van der Waals surface area contributed by atoms with Crippen LogP contribution in [0.15, 0.2) is 23.4 Å². The molecule has 1 saturated heterocycles. The predicted molar refractivity (Wildman–Crippen MR) is 85.8 cm³/mol. The Bertz CT molecular complexity index is 544. The first kappa shape index (κ1) is 16.6. The van der Waals surface area contributed by atoms with E-state index >= 15 is 0 Å². The van der Waals surface area contributed by atoms with Crippen LogP contribution in [0, 0.1) is 0 Å². The van der Waals surface area contributed by atoms with Crippen molar-refractivity contribution in [3.63, 3.8) is 0 Å². The van der Waals surface area contributed by atoms with Gasteiger partial charge in [-0.25, -0.2) is 4.98 Å². The zero-order chi connectivity index (χ0) is 16.2. The normalized spacial score (nSPS) is 20.4. The number of hydrogen-bond acceptors (Lipinski definition) is 4. The Morgan fingerprint density at radius 2 is 1.91 bits per heavy atom. The molecule has 0 radical (unpaired) electrons. The van der Waals surface area contributed by atoms with Crippen molar-refractivity contribution in [1.29, 1.82) is 0 Å². The number of nitrogens with zero attached hydrogens (tertiary/aromatic N) is 3. The topological polar surface area (TPSA) is 36.4 Å². The van der Waals surface area contributed by atoms with Gasteiger partial charge in [0.2, 0.25) is 0 Å². The maximum Gasteiger partial charge on any atom is 0.290 e. The third kappa shape index (κ3) is 4.01. The van der Waals surface area contributed by atoms with Crippen LogP contribution in [0.5, 0.6) is 0 Å². The quantitative estimate of drug-likeness (QED) is 0.789. The minimum Gasteiger partial charge on any atom is -0.336 e. The van der Waals surface area contributed by atoms with Gasteiger partial charge in [-0.15, -0.1) is 0 Å². The van der Waals surface area contributed by atoms with E-state index in [0.29, 0.717) is 30.9 Å². The number of carbonyl (C=O) groups excluding carboxylic acids is 1. The van der Waals surface area contributed by atoms with Crippen LogP contribution in [0.4, 0.5) is 8.78 Å². The third-order valence-corrected chi connectivity index (χ3v) is 5.37. The average Bonchev–Trinajstić information content (AvgIpc) is 3.09. The molecule has 126 valence electrons. The van der Waals surface area contributed by atoms with Crippen molar-refractivity contribution in [2.24, 2.45) is 0 Å². The molecule has 23 heavy (non-hydrogen) atoms. The molecule has 0 unspecified atom stereocenters. The number of piperazine rings is 1. The summed E-state index contributed by atoms with van der Waals surface area (Å²) in [5, 5.41) is 0.116. The molecule has 1 aliphatic carbocycles. The number of aromatic nitrogens is 1. The van der Waals surface area contributed by atoms with E-state index in [1.54, 1.807) is 17.0 Å². The SMILES string of the molecule is O=C(c1cccnc1SC(F)F)N1CCN(C2CCCC2)CC1. The van der Waals surface area contributed by atoms with Gasteiger partial charge in [0.05, 0.1) is 5.56 Å². The summed E-state index contributed by atoms with van der Waals surface area (Å²) < 4.78 is 25.2. The first-order valence-corrected chi connectivity index (χ1v) is 8.96. The van der Waals surface area contributed by atoms with Gasteiger partial charge in [-0.3, -0.25) is 9.69 Å². The fraction of sp³-hybridized carbons (Fsp3) is 0.625. The van der Waals surface area contributed by atoms with Crippen molar-refractivity contribution in [3.8, 4) is 0 Å². The largest absolute Gasteiger partial charge is 0.336 e. The molecule has 1 amide bonds. The van der Waals surface area contributed by atoms with Crippen LogP contribution in [0.1, 0.15) is 36.0 Å². The zero-order valence-electron chi connectivity index (χ0n) is 13.0. The van der Waals surface area contributed by atoms with Gasteiger partial charge in [0, 0.05) is 38.4 Å². The maximum absolute atomic E-state index is 12.6. The van der Waals surface area contributed by atoms with E-state index in [0.717, 1.165) is 13.1 Å². The first-order chi connectivity index (χ1) is 11.1. The standard InChI is InChI=1S/C16H21F2N3OS/c17-16(18)23-14-13(6-3-7-19-14)15(22)21-10-8-20(9-11-21)12-4-1-2-5-12/h3,6-7,12,16H,1-2,4-5,8-11H2. The molecule has 1 aromatic heterocycles. The van der Waals surface area contributed by atoms with E-state index in [-0.39, 0.29) is 16.5 Å². The van der Waals surface area contributed by atoms with Crippen LogP contribution in [-0.2, 0) is 0 Å². The lowest BCUT2D eigenvalue weighted by atomic mass is 10.1.